The van der Waals surface area contributed by atoms with Crippen molar-refractivity contribution in [1.29, 1.82) is 0 Å². The van der Waals surface area contributed by atoms with Gasteiger partial charge in [0.15, 0.2) is 0 Å². The van der Waals surface area contributed by atoms with E-state index in [4.69, 9.17) is 0 Å². The van der Waals surface area contributed by atoms with Gasteiger partial charge >= 0.3 is 0 Å². The van der Waals surface area contributed by atoms with Crippen LogP contribution in [0.2, 0.25) is 0 Å². The monoisotopic (exact) mass is 327 g/mol. The summed E-state index contributed by atoms with van der Waals surface area (Å²) in [7, 11) is 0. The summed E-state index contributed by atoms with van der Waals surface area (Å²) in [6, 6.07) is 18.6. The van der Waals surface area contributed by atoms with Crippen LogP contribution in [0.4, 0.5) is 0 Å². The predicted octanol–water partition coefficient (Wildman–Crippen LogP) is 4.73. The van der Waals surface area contributed by atoms with Crippen LogP contribution in [0.3, 0.4) is 0 Å². The third-order valence-corrected chi connectivity index (χ3v) is 5.43. The first-order valence-electron chi connectivity index (χ1n) is 7.24. The molecule has 3 rings (SSSR count). The number of benzene rings is 1. The van der Waals surface area contributed by atoms with Gasteiger partial charge in [-0.2, -0.15) is 0 Å². The molecule has 1 aromatic carbocycles. The number of carbonyl (C=O) groups is 1. The molecule has 22 heavy (non-hydrogen) atoms. The van der Waals surface area contributed by atoms with Crippen LogP contribution >= 0.6 is 22.7 Å². The molecule has 0 radical (unpaired) electrons. The maximum Gasteiger partial charge on any atom is 0.220 e. The summed E-state index contributed by atoms with van der Waals surface area (Å²) in [5, 5.41) is 5.05. The van der Waals surface area contributed by atoms with Crippen molar-refractivity contribution < 1.29 is 4.79 Å². The topological polar surface area (TPSA) is 29.1 Å². The maximum atomic E-state index is 11.9. The number of nitrogens with one attached hydrogen (secondary N) is 1. The number of thiophene rings is 2. The van der Waals surface area contributed by atoms with Gasteiger partial charge in [-0.25, -0.2) is 0 Å². The van der Waals surface area contributed by atoms with Crippen molar-refractivity contribution in [3.63, 3.8) is 0 Å². The standard InChI is InChI=1S/C18H17NOS2/c20-18(11-9-15-7-4-12-21-15)19-13-16-8-10-17(22-16)14-5-2-1-3-6-14/h1-8,10,12H,9,11,13H2,(H,19,20). The summed E-state index contributed by atoms with van der Waals surface area (Å²) >= 11 is 3.43. The van der Waals surface area contributed by atoms with Crippen LogP contribution in [0.25, 0.3) is 10.4 Å². The lowest BCUT2D eigenvalue weighted by molar-refractivity contribution is -0.121. The molecule has 0 aliphatic rings. The Morgan fingerprint density at radius 1 is 0.955 bits per heavy atom. The van der Waals surface area contributed by atoms with Crippen LogP contribution in [0.15, 0.2) is 60.0 Å². The van der Waals surface area contributed by atoms with Gasteiger partial charge < -0.3 is 5.32 Å². The van der Waals surface area contributed by atoms with Crippen LogP contribution < -0.4 is 5.32 Å². The fourth-order valence-electron chi connectivity index (χ4n) is 2.20. The molecule has 0 saturated carbocycles. The SMILES string of the molecule is O=C(CCc1cccs1)NCc1ccc(-c2ccccc2)s1. The summed E-state index contributed by atoms with van der Waals surface area (Å²) in [6.07, 6.45) is 1.38. The highest BCUT2D eigenvalue weighted by molar-refractivity contribution is 7.15. The normalized spacial score (nSPS) is 10.5. The summed E-state index contributed by atoms with van der Waals surface area (Å²) < 4.78 is 0. The second-order valence-corrected chi connectivity index (χ2v) is 7.19. The van der Waals surface area contributed by atoms with Crippen LogP contribution in [0.5, 0.6) is 0 Å². The smallest absolute Gasteiger partial charge is 0.220 e. The molecule has 112 valence electrons. The van der Waals surface area contributed by atoms with Crippen LogP contribution in [0.1, 0.15) is 16.2 Å². The lowest BCUT2D eigenvalue weighted by Crippen LogP contribution is -2.22. The molecule has 4 heteroatoms. The van der Waals surface area contributed by atoms with Crippen molar-refractivity contribution in [2.24, 2.45) is 0 Å². The molecular formula is C18H17NOS2. The highest BCUT2D eigenvalue weighted by Crippen LogP contribution is 2.27. The van der Waals surface area contributed by atoms with E-state index in [1.54, 1.807) is 22.7 Å². The number of carbonyl (C=O) groups excluding carboxylic acids is 1. The van der Waals surface area contributed by atoms with Crippen molar-refractivity contribution in [1.82, 2.24) is 5.32 Å². The molecule has 3 aromatic rings. The zero-order valence-electron chi connectivity index (χ0n) is 12.1. The van der Waals surface area contributed by atoms with E-state index >= 15 is 0 Å². The van der Waals surface area contributed by atoms with Crippen molar-refractivity contribution in [2.75, 3.05) is 0 Å². The Morgan fingerprint density at radius 2 is 1.82 bits per heavy atom. The van der Waals surface area contributed by atoms with Gasteiger partial charge in [0, 0.05) is 21.1 Å². The number of hydrogen-bond donors (Lipinski definition) is 1. The Labute approximate surface area is 138 Å². The van der Waals surface area contributed by atoms with Crippen molar-refractivity contribution >= 4 is 28.6 Å². The lowest BCUT2D eigenvalue weighted by Gasteiger charge is -2.02. The highest BCUT2D eigenvalue weighted by Gasteiger charge is 2.06. The minimum absolute atomic E-state index is 0.114. The lowest BCUT2D eigenvalue weighted by atomic mass is 10.2. The number of amides is 1. The maximum absolute atomic E-state index is 11.9. The average molecular weight is 327 g/mol. The minimum Gasteiger partial charge on any atom is -0.351 e. The van der Waals surface area contributed by atoms with Gasteiger partial charge in [-0.1, -0.05) is 36.4 Å². The Morgan fingerprint density at radius 3 is 2.59 bits per heavy atom. The Bertz CT molecular complexity index is 717. The van der Waals surface area contributed by atoms with E-state index in [-0.39, 0.29) is 5.91 Å². The number of rotatable bonds is 6. The molecule has 0 unspecified atom stereocenters. The summed E-state index contributed by atoms with van der Waals surface area (Å²) in [6.45, 7) is 0.612. The Hall–Kier alpha value is -1.91. The largest absolute Gasteiger partial charge is 0.351 e. The van der Waals surface area contributed by atoms with Gasteiger partial charge in [-0.15, -0.1) is 22.7 Å². The van der Waals surface area contributed by atoms with Gasteiger partial charge in [0.05, 0.1) is 6.54 Å². The molecule has 0 aliphatic carbocycles. The molecule has 0 bridgehead atoms. The summed E-state index contributed by atoms with van der Waals surface area (Å²) in [5.41, 5.74) is 1.22. The molecule has 2 nitrogen and oxygen atoms in total. The van der Waals surface area contributed by atoms with Crippen LogP contribution in [-0.2, 0) is 17.8 Å². The predicted molar refractivity (Wildman–Crippen MR) is 94.2 cm³/mol. The fourth-order valence-corrected chi connectivity index (χ4v) is 3.86. The molecule has 0 saturated heterocycles. The van der Waals surface area contributed by atoms with Crippen LogP contribution in [-0.4, -0.2) is 5.91 Å². The average Bonchev–Trinajstić information content (AvgIpc) is 3.23. The zero-order valence-corrected chi connectivity index (χ0v) is 13.8. The van der Waals surface area contributed by atoms with Crippen molar-refractivity contribution in [3.8, 4) is 10.4 Å². The summed E-state index contributed by atoms with van der Waals surface area (Å²) in [4.78, 5) is 15.6. The number of aryl methyl sites for hydroxylation is 1. The molecule has 2 aromatic heterocycles. The molecule has 0 fully saturated rings. The molecule has 1 N–H and O–H groups in total. The molecule has 1 amide bonds. The second kappa shape index (κ2) is 7.38. The van der Waals surface area contributed by atoms with Gasteiger partial charge in [0.1, 0.15) is 0 Å². The van der Waals surface area contributed by atoms with E-state index in [2.05, 4.69) is 35.6 Å². The second-order valence-electron chi connectivity index (χ2n) is 4.99. The van der Waals surface area contributed by atoms with E-state index in [9.17, 15) is 4.79 Å². The third kappa shape index (κ3) is 4.06. The third-order valence-electron chi connectivity index (χ3n) is 3.36. The van der Waals surface area contributed by atoms with E-state index in [1.807, 2.05) is 29.6 Å². The van der Waals surface area contributed by atoms with Crippen molar-refractivity contribution in [2.45, 2.75) is 19.4 Å². The van der Waals surface area contributed by atoms with E-state index in [1.165, 1.54) is 20.2 Å². The van der Waals surface area contributed by atoms with Gasteiger partial charge in [-0.05, 0) is 35.6 Å². The molecular weight excluding hydrogens is 310 g/mol. The van der Waals surface area contributed by atoms with E-state index in [0.29, 0.717) is 13.0 Å². The first-order valence-corrected chi connectivity index (χ1v) is 8.94. The first-order chi connectivity index (χ1) is 10.8. The van der Waals surface area contributed by atoms with Gasteiger partial charge in [-0.3, -0.25) is 4.79 Å². The summed E-state index contributed by atoms with van der Waals surface area (Å²) in [5.74, 6) is 0.114. The zero-order chi connectivity index (χ0) is 15.2. The highest BCUT2D eigenvalue weighted by atomic mass is 32.1. The fraction of sp³-hybridized carbons (Fsp3) is 0.167. The quantitative estimate of drug-likeness (QED) is 0.697. The molecule has 0 spiro atoms. The van der Waals surface area contributed by atoms with Gasteiger partial charge in [0.2, 0.25) is 5.91 Å². The van der Waals surface area contributed by atoms with Gasteiger partial charge in [0.25, 0.3) is 0 Å². The van der Waals surface area contributed by atoms with E-state index < -0.39 is 0 Å². The minimum atomic E-state index is 0.114. The van der Waals surface area contributed by atoms with Crippen LogP contribution in [0, 0.1) is 0 Å². The number of hydrogen-bond acceptors (Lipinski definition) is 3. The first kappa shape index (κ1) is 15.0. The molecule has 0 aliphatic heterocycles. The molecule has 0 atom stereocenters. The van der Waals surface area contributed by atoms with Crippen molar-refractivity contribution in [3.05, 3.63) is 69.7 Å². The Balaban J connectivity index is 1.49. The van der Waals surface area contributed by atoms with E-state index in [0.717, 1.165) is 6.42 Å². The Kier molecular flexibility index (Phi) is 5.03. The molecule has 2 heterocycles.